The number of hydrogen-bond acceptors (Lipinski definition) is 3. The average Bonchev–Trinajstić information content (AvgIpc) is 3.26. The molecule has 1 aromatic heterocycles. The van der Waals surface area contributed by atoms with E-state index in [9.17, 15) is 17.2 Å². The molecule has 0 amide bonds. The molecular weight excluding hydrogens is 336 g/mol. The van der Waals surface area contributed by atoms with Gasteiger partial charge in [-0.15, -0.1) is 0 Å². The summed E-state index contributed by atoms with van der Waals surface area (Å²) in [6.45, 7) is 0.235. The molecule has 2 aromatic rings. The molecule has 24 heavy (non-hydrogen) atoms. The topological polar surface area (TPSA) is 85.8 Å². The van der Waals surface area contributed by atoms with E-state index in [0.29, 0.717) is 11.8 Å². The lowest BCUT2D eigenvalue weighted by atomic mass is 10.1. The zero-order chi connectivity index (χ0) is 17.3. The summed E-state index contributed by atoms with van der Waals surface area (Å²) in [7, 11) is -4.09. The van der Waals surface area contributed by atoms with Crippen molar-refractivity contribution >= 4 is 10.0 Å². The monoisotopic (exact) mass is 351 g/mol. The van der Waals surface area contributed by atoms with Gasteiger partial charge in [0.05, 0.1) is 12.5 Å². The first-order valence-electron chi connectivity index (χ1n) is 7.44. The highest BCUT2D eigenvalue weighted by atomic mass is 32.2. The van der Waals surface area contributed by atoms with Gasteiger partial charge >= 0.3 is 0 Å². The molecule has 3 rings (SSSR count). The Morgan fingerprint density at radius 3 is 2.67 bits per heavy atom. The molecule has 0 unspecified atom stereocenters. The van der Waals surface area contributed by atoms with Crippen molar-refractivity contribution in [1.29, 1.82) is 5.26 Å². The Balaban J connectivity index is 1.91. The van der Waals surface area contributed by atoms with Crippen LogP contribution in [0.3, 0.4) is 0 Å². The maximum absolute atomic E-state index is 14.3. The Hall–Kier alpha value is -2.24. The van der Waals surface area contributed by atoms with Crippen molar-refractivity contribution in [3.8, 4) is 17.3 Å². The standard InChI is InChI=1S/C16H15F2N3O2S/c17-13-8-16(24(22,23)20-9-10-1-2-10)14(18)7-12(13)15-4-3-11(21-15)5-6-19/h3-4,7-8,10,20-21H,1-2,5,9H2. The molecule has 0 aliphatic heterocycles. The number of nitrogens with zero attached hydrogens (tertiary/aromatic N) is 1. The molecule has 8 heteroatoms. The lowest BCUT2D eigenvalue weighted by Gasteiger charge is -2.09. The molecule has 1 aliphatic carbocycles. The number of hydrogen-bond donors (Lipinski definition) is 2. The summed E-state index contributed by atoms with van der Waals surface area (Å²) < 4.78 is 55.1. The summed E-state index contributed by atoms with van der Waals surface area (Å²) in [4.78, 5) is 2.11. The van der Waals surface area contributed by atoms with Crippen molar-refractivity contribution in [2.24, 2.45) is 5.92 Å². The van der Waals surface area contributed by atoms with E-state index in [0.717, 1.165) is 18.9 Å². The molecule has 0 atom stereocenters. The highest BCUT2D eigenvalue weighted by Crippen LogP contribution is 2.30. The number of aromatic amines is 1. The normalized spacial score (nSPS) is 14.5. The second-order valence-electron chi connectivity index (χ2n) is 5.79. The van der Waals surface area contributed by atoms with E-state index in [2.05, 4.69) is 9.71 Å². The molecule has 1 saturated carbocycles. The van der Waals surface area contributed by atoms with Crippen molar-refractivity contribution in [2.45, 2.75) is 24.2 Å². The van der Waals surface area contributed by atoms with Crippen LogP contribution in [0.4, 0.5) is 8.78 Å². The van der Waals surface area contributed by atoms with E-state index in [1.54, 1.807) is 6.07 Å². The first-order valence-corrected chi connectivity index (χ1v) is 8.93. The lowest BCUT2D eigenvalue weighted by Crippen LogP contribution is -2.26. The van der Waals surface area contributed by atoms with E-state index in [-0.39, 0.29) is 30.1 Å². The second kappa shape index (κ2) is 6.34. The first-order chi connectivity index (χ1) is 11.4. The molecule has 5 nitrogen and oxygen atoms in total. The summed E-state index contributed by atoms with van der Waals surface area (Å²) >= 11 is 0. The minimum atomic E-state index is -4.09. The summed E-state index contributed by atoms with van der Waals surface area (Å²) in [5.41, 5.74) is 0.763. The predicted molar refractivity (Wildman–Crippen MR) is 83.4 cm³/mol. The zero-order valence-corrected chi connectivity index (χ0v) is 13.5. The van der Waals surface area contributed by atoms with E-state index in [1.807, 2.05) is 6.07 Å². The van der Waals surface area contributed by atoms with Crippen LogP contribution in [0.15, 0.2) is 29.2 Å². The summed E-state index contributed by atoms with van der Waals surface area (Å²) in [6, 6.07) is 6.59. The third-order valence-corrected chi connectivity index (χ3v) is 5.31. The third kappa shape index (κ3) is 3.47. The number of aromatic nitrogens is 1. The van der Waals surface area contributed by atoms with Crippen molar-refractivity contribution in [1.82, 2.24) is 9.71 Å². The Kier molecular flexibility index (Phi) is 4.39. The van der Waals surface area contributed by atoms with Crippen LogP contribution in [-0.4, -0.2) is 19.9 Å². The molecule has 2 N–H and O–H groups in total. The lowest BCUT2D eigenvalue weighted by molar-refractivity contribution is 0.545. The van der Waals surface area contributed by atoms with Crippen LogP contribution >= 0.6 is 0 Å². The Labute approximate surface area is 138 Å². The predicted octanol–water partition coefficient (Wildman–Crippen LogP) is 2.71. The van der Waals surface area contributed by atoms with Gasteiger partial charge in [0.25, 0.3) is 0 Å². The molecule has 0 bridgehead atoms. The maximum Gasteiger partial charge on any atom is 0.243 e. The van der Waals surface area contributed by atoms with Gasteiger partial charge in [-0.25, -0.2) is 21.9 Å². The van der Waals surface area contributed by atoms with Crippen molar-refractivity contribution < 1.29 is 17.2 Å². The van der Waals surface area contributed by atoms with Crippen LogP contribution in [0.1, 0.15) is 18.5 Å². The van der Waals surface area contributed by atoms with Crippen LogP contribution in [0.2, 0.25) is 0 Å². The van der Waals surface area contributed by atoms with Crippen molar-refractivity contribution in [2.75, 3.05) is 6.54 Å². The number of nitrogens with one attached hydrogen (secondary N) is 2. The fraction of sp³-hybridized carbons (Fsp3) is 0.312. The largest absolute Gasteiger partial charge is 0.357 e. The number of sulfonamides is 1. The molecule has 1 aliphatic rings. The molecule has 1 fully saturated rings. The van der Waals surface area contributed by atoms with Gasteiger partial charge in [0, 0.05) is 23.5 Å². The maximum atomic E-state index is 14.3. The smallest absolute Gasteiger partial charge is 0.243 e. The highest BCUT2D eigenvalue weighted by molar-refractivity contribution is 7.89. The van der Waals surface area contributed by atoms with Crippen LogP contribution in [0.5, 0.6) is 0 Å². The number of nitriles is 1. The van der Waals surface area contributed by atoms with Crippen LogP contribution < -0.4 is 4.72 Å². The SMILES string of the molecule is N#CCc1ccc(-c2cc(F)c(S(=O)(=O)NCC3CC3)cc2F)[nH]1. The summed E-state index contributed by atoms with van der Waals surface area (Å²) in [5, 5.41) is 8.64. The van der Waals surface area contributed by atoms with Gasteiger partial charge in [-0.1, -0.05) is 0 Å². The zero-order valence-electron chi connectivity index (χ0n) is 12.6. The van der Waals surface area contributed by atoms with Gasteiger partial charge in [-0.2, -0.15) is 5.26 Å². The Bertz CT molecular complexity index is 912. The van der Waals surface area contributed by atoms with Gasteiger partial charge in [-0.05, 0) is 43.0 Å². The molecule has 1 aromatic carbocycles. The minimum Gasteiger partial charge on any atom is -0.357 e. The van der Waals surface area contributed by atoms with Gasteiger partial charge < -0.3 is 4.98 Å². The van der Waals surface area contributed by atoms with E-state index in [1.165, 1.54) is 6.07 Å². The summed E-state index contributed by atoms with van der Waals surface area (Å²) in [6.07, 6.45) is 1.99. The van der Waals surface area contributed by atoms with Gasteiger partial charge in [0.2, 0.25) is 10.0 Å². The minimum absolute atomic E-state index is 0.0853. The Morgan fingerprint density at radius 1 is 1.25 bits per heavy atom. The third-order valence-electron chi connectivity index (χ3n) is 3.88. The van der Waals surface area contributed by atoms with Crippen LogP contribution in [0, 0.1) is 28.9 Å². The van der Waals surface area contributed by atoms with Crippen LogP contribution in [0.25, 0.3) is 11.3 Å². The summed E-state index contributed by atoms with van der Waals surface area (Å²) in [5.74, 6) is -1.59. The van der Waals surface area contributed by atoms with Crippen molar-refractivity contribution in [3.63, 3.8) is 0 Å². The van der Waals surface area contributed by atoms with Crippen LogP contribution in [-0.2, 0) is 16.4 Å². The average molecular weight is 351 g/mol. The quantitative estimate of drug-likeness (QED) is 0.839. The molecule has 0 spiro atoms. The van der Waals surface area contributed by atoms with Gasteiger partial charge in [0.1, 0.15) is 16.5 Å². The van der Waals surface area contributed by atoms with E-state index >= 15 is 0 Å². The van der Waals surface area contributed by atoms with Crippen molar-refractivity contribution in [3.05, 3.63) is 41.6 Å². The molecule has 0 saturated heterocycles. The van der Waals surface area contributed by atoms with Gasteiger partial charge in [0.15, 0.2) is 0 Å². The molecule has 0 radical (unpaired) electrons. The fourth-order valence-electron chi connectivity index (χ4n) is 2.35. The number of rotatable bonds is 6. The second-order valence-corrected chi connectivity index (χ2v) is 7.53. The van der Waals surface area contributed by atoms with Gasteiger partial charge in [-0.3, -0.25) is 0 Å². The molecular formula is C16H15F2N3O2S. The molecule has 1 heterocycles. The Morgan fingerprint density at radius 2 is 2.00 bits per heavy atom. The fourth-order valence-corrected chi connectivity index (χ4v) is 3.54. The highest BCUT2D eigenvalue weighted by Gasteiger charge is 2.27. The number of H-pyrrole nitrogens is 1. The number of benzene rings is 1. The van der Waals surface area contributed by atoms with E-state index in [4.69, 9.17) is 5.26 Å². The number of halogens is 2. The molecule has 126 valence electrons. The first kappa shape index (κ1) is 16.6. The van der Waals surface area contributed by atoms with E-state index < -0.39 is 26.6 Å².